The van der Waals surface area contributed by atoms with Gasteiger partial charge in [0.15, 0.2) is 0 Å². The molecule has 0 amide bonds. The molecule has 0 aromatic heterocycles. The van der Waals surface area contributed by atoms with Crippen LogP contribution in [0.1, 0.15) is 0 Å². The maximum Gasteiger partial charge on any atom is 0.0601 e. The van der Waals surface area contributed by atoms with Crippen molar-refractivity contribution in [2.24, 2.45) is 0 Å². The smallest absolute Gasteiger partial charge is 0.0601 e. The van der Waals surface area contributed by atoms with Crippen LogP contribution in [0.2, 0.25) is 0 Å². The highest BCUT2D eigenvalue weighted by Gasteiger charge is 2.28. The molecular weight excluding hydrogens is 693 g/mol. The molecule has 4 heteroatoms. The molecular formula is C50H32N2S2. The fourth-order valence-electron chi connectivity index (χ4n) is 8.28. The molecule has 0 unspecified atom stereocenters. The van der Waals surface area contributed by atoms with Crippen LogP contribution in [0.3, 0.4) is 0 Å². The molecule has 9 aromatic carbocycles. The fourth-order valence-corrected chi connectivity index (χ4v) is 10.4. The Kier molecular flexibility index (Phi) is 7.39. The van der Waals surface area contributed by atoms with Crippen LogP contribution in [0.4, 0.5) is 34.1 Å². The normalized spacial score (nSPS) is 13.0. The Hall–Kier alpha value is -6.20. The van der Waals surface area contributed by atoms with Crippen molar-refractivity contribution in [2.45, 2.75) is 19.6 Å². The summed E-state index contributed by atoms with van der Waals surface area (Å²) >= 11 is 3.69. The molecule has 0 radical (unpaired) electrons. The van der Waals surface area contributed by atoms with Crippen molar-refractivity contribution >= 4 is 79.2 Å². The Morgan fingerprint density at radius 2 is 0.593 bits per heavy atom. The van der Waals surface area contributed by atoms with Crippen LogP contribution in [0.5, 0.6) is 0 Å². The first-order chi connectivity index (χ1) is 26.8. The zero-order valence-corrected chi connectivity index (χ0v) is 30.8. The van der Waals surface area contributed by atoms with E-state index in [0.717, 1.165) is 11.4 Å². The van der Waals surface area contributed by atoms with Crippen LogP contribution in [-0.4, -0.2) is 0 Å². The standard InChI is InChI=1S/C50H32N2S2/c1-3-15-33(16-4-1)49-37-29-27-35(51-41-19-7-11-23-45(41)53-46-24-12-8-20-42(46)51)31-39(37)50(34-17-5-2-6-18-34)40-32-36(28-30-38(40)49)52-43-21-9-13-25-47(43)54-48-26-14-10-22-44(48)52/h1-32H. The molecule has 0 saturated heterocycles. The summed E-state index contributed by atoms with van der Waals surface area (Å²) in [6.07, 6.45) is 0. The lowest BCUT2D eigenvalue weighted by Gasteiger charge is -2.34. The number of hydrogen-bond donors (Lipinski definition) is 0. The second-order valence-corrected chi connectivity index (χ2v) is 15.9. The molecule has 2 heterocycles. The van der Waals surface area contributed by atoms with Crippen LogP contribution in [-0.2, 0) is 0 Å². The Morgan fingerprint density at radius 3 is 0.963 bits per heavy atom. The monoisotopic (exact) mass is 724 g/mol. The lowest BCUT2D eigenvalue weighted by molar-refractivity contribution is 1.17. The van der Waals surface area contributed by atoms with Crippen molar-refractivity contribution in [1.29, 1.82) is 0 Å². The average molecular weight is 725 g/mol. The molecule has 2 nitrogen and oxygen atoms in total. The molecule has 2 aliphatic rings. The minimum atomic E-state index is 1.14. The molecule has 0 atom stereocenters. The summed E-state index contributed by atoms with van der Waals surface area (Å²) in [7, 11) is 0. The van der Waals surface area contributed by atoms with Crippen LogP contribution in [0.15, 0.2) is 214 Å². The Morgan fingerprint density at radius 1 is 0.278 bits per heavy atom. The van der Waals surface area contributed by atoms with Gasteiger partial charge in [-0.05, 0) is 117 Å². The molecule has 0 aliphatic carbocycles. The van der Waals surface area contributed by atoms with Crippen molar-refractivity contribution in [3.63, 3.8) is 0 Å². The molecule has 0 bridgehead atoms. The van der Waals surface area contributed by atoms with E-state index in [1.165, 1.54) is 86.1 Å². The van der Waals surface area contributed by atoms with Gasteiger partial charge in [0.25, 0.3) is 0 Å². The zero-order valence-electron chi connectivity index (χ0n) is 29.2. The molecule has 0 saturated carbocycles. The topological polar surface area (TPSA) is 6.48 Å². The summed E-state index contributed by atoms with van der Waals surface area (Å²) in [5.74, 6) is 0. The number of anilines is 6. The van der Waals surface area contributed by atoms with Gasteiger partial charge in [0.1, 0.15) is 0 Å². The van der Waals surface area contributed by atoms with Crippen molar-refractivity contribution < 1.29 is 0 Å². The molecule has 54 heavy (non-hydrogen) atoms. The maximum atomic E-state index is 2.44. The second kappa shape index (κ2) is 12.7. The van der Waals surface area contributed by atoms with Gasteiger partial charge in [-0.25, -0.2) is 0 Å². The van der Waals surface area contributed by atoms with E-state index in [1.807, 2.05) is 23.5 Å². The summed E-state index contributed by atoms with van der Waals surface area (Å²) in [4.78, 5) is 9.91. The Bertz CT molecular complexity index is 2650. The third kappa shape index (κ3) is 4.98. The lowest BCUT2D eigenvalue weighted by atomic mass is 9.85. The zero-order chi connectivity index (χ0) is 35.6. The van der Waals surface area contributed by atoms with Crippen molar-refractivity contribution in [2.75, 3.05) is 9.80 Å². The van der Waals surface area contributed by atoms with E-state index in [2.05, 4.69) is 204 Å². The highest BCUT2D eigenvalue weighted by atomic mass is 32.2. The van der Waals surface area contributed by atoms with Crippen molar-refractivity contribution in [1.82, 2.24) is 0 Å². The minimum absolute atomic E-state index is 1.14. The summed E-state index contributed by atoms with van der Waals surface area (Å²) in [5.41, 5.74) is 12.0. The summed E-state index contributed by atoms with van der Waals surface area (Å²) in [5, 5.41) is 4.93. The van der Waals surface area contributed by atoms with Gasteiger partial charge in [-0.1, -0.05) is 145 Å². The number of rotatable bonds is 4. The van der Waals surface area contributed by atoms with E-state index < -0.39 is 0 Å². The van der Waals surface area contributed by atoms with E-state index in [4.69, 9.17) is 0 Å². The molecule has 254 valence electrons. The van der Waals surface area contributed by atoms with E-state index in [9.17, 15) is 0 Å². The quantitative estimate of drug-likeness (QED) is 0.167. The number of benzene rings is 9. The van der Waals surface area contributed by atoms with Crippen LogP contribution in [0.25, 0.3) is 43.8 Å². The summed E-state index contributed by atoms with van der Waals surface area (Å²) in [6, 6.07) is 71.1. The molecule has 0 N–H and O–H groups in total. The third-order valence-electron chi connectivity index (χ3n) is 10.6. The van der Waals surface area contributed by atoms with Crippen molar-refractivity contribution in [3.8, 4) is 22.3 Å². The molecule has 0 fully saturated rings. The van der Waals surface area contributed by atoms with E-state index in [0.29, 0.717) is 0 Å². The third-order valence-corrected chi connectivity index (χ3v) is 12.8. The van der Waals surface area contributed by atoms with Gasteiger partial charge in [-0.2, -0.15) is 0 Å². The predicted octanol–water partition coefficient (Wildman–Crippen LogP) is 15.2. The first-order valence-electron chi connectivity index (χ1n) is 18.3. The lowest BCUT2D eigenvalue weighted by Crippen LogP contribution is -2.15. The van der Waals surface area contributed by atoms with Crippen molar-refractivity contribution in [3.05, 3.63) is 194 Å². The van der Waals surface area contributed by atoms with Crippen LogP contribution < -0.4 is 9.80 Å². The molecule has 11 rings (SSSR count). The number of nitrogens with zero attached hydrogens (tertiary/aromatic N) is 2. The first-order valence-corrected chi connectivity index (χ1v) is 19.9. The van der Waals surface area contributed by atoms with Crippen LogP contribution >= 0.6 is 23.5 Å². The van der Waals surface area contributed by atoms with Gasteiger partial charge < -0.3 is 9.80 Å². The maximum absolute atomic E-state index is 2.44. The highest BCUT2D eigenvalue weighted by molar-refractivity contribution is 8.00. The molecule has 2 aliphatic heterocycles. The highest BCUT2D eigenvalue weighted by Crippen LogP contribution is 2.55. The van der Waals surface area contributed by atoms with E-state index in [-0.39, 0.29) is 0 Å². The summed E-state index contributed by atoms with van der Waals surface area (Å²) in [6.45, 7) is 0. The minimum Gasteiger partial charge on any atom is -0.308 e. The second-order valence-electron chi connectivity index (χ2n) is 13.7. The molecule has 9 aromatic rings. The average Bonchev–Trinajstić information content (AvgIpc) is 3.24. The van der Waals surface area contributed by atoms with Gasteiger partial charge in [-0.15, -0.1) is 0 Å². The Labute approximate surface area is 323 Å². The van der Waals surface area contributed by atoms with Gasteiger partial charge >= 0.3 is 0 Å². The number of fused-ring (bicyclic) bond motifs is 6. The summed E-state index contributed by atoms with van der Waals surface area (Å²) < 4.78 is 0. The van der Waals surface area contributed by atoms with E-state index >= 15 is 0 Å². The largest absolute Gasteiger partial charge is 0.308 e. The van der Waals surface area contributed by atoms with E-state index in [1.54, 1.807) is 0 Å². The fraction of sp³-hybridized carbons (Fsp3) is 0. The van der Waals surface area contributed by atoms with Gasteiger partial charge in [-0.3, -0.25) is 0 Å². The van der Waals surface area contributed by atoms with Gasteiger partial charge in [0.2, 0.25) is 0 Å². The molecule has 0 spiro atoms. The SMILES string of the molecule is c1ccc(-c2c3ccc(N4c5ccccc5Sc5ccccc54)cc3c(-c3ccccc3)c3cc(N4c5ccccc5Sc5ccccc54)ccc23)cc1. The predicted molar refractivity (Wildman–Crippen MR) is 230 cm³/mol. The Balaban J connectivity index is 1.24. The number of para-hydroxylation sites is 4. The number of hydrogen-bond acceptors (Lipinski definition) is 4. The van der Waals surface area contributed by atoms with Crippen LogP contribution in [0, 0.1) is 0 Å². The van der Waals surface area contributed by atoms with Gasteiger partial charge in [0, 0.05) is 31.0 Å². The first kappa shape index (κ1) is 31.3. The van der Waals surface area contributed by atoms with Gasteiger partial charge in [0.05, 0.1) is 22.7 Å².